The number of nitrogens with two attached hydrogens (primary N) is 1. The zero-order valence-electron chi connectivity index (χ0n) is 4.79. The number of hydrogen-bond acceptors (Lipinski definition) is 2. The zero-order valence-corrected chi connectivity index (χ0v) is 4.79. The van der Waals surface area contributed by atoms with E-state index in [0.29, 0.717) is 11.9 Å². The van der Waals surface area contributed by atoms with Gasteiger partial charge in [-0.25, -0.2) is 0 Å². The fourth-order valence-electron chi connectivity index (χ4n) is 0.327. The van der Waals surface area contributed by atoms with Crippen LogP contribution in [0.3, 0.4) is 0 Å². The van der Waals surface area contributed by atoms with E-state index in [4.69, 9.17) is 5.73 Å². The van der Waals surface area contributed by atoms with Crippen LogP contribution in [0.1, 0.15) is 6.92 Å². The molecule has 0 saturated carbocycles. The largest absolute Gasteiger partial charge is 0.404 e. The van der Waals surface area contributed by atoms with E-state index >= 15 is 0 Å². The van der Waals surface area contributed by atoms with Gasteiger partial charge in [-0.3, -0.25) is 4.79 Å². The van der Waals surface area contributed by atoms with E-state index in [9.17, 15) is 4.79 Å². The molecule has 8 heavy (non-hydrogen) atoms. The van der Waals surface area contributed by atoms with Gasteiger partial charge in [-0.05, 0) is 6.92 Å². The highest BCUT2D eigenvalue weighted by Gasteiger charge is 1.80. The van der Waals surface area contributed by atoms with Crippen LogP contribution < -0.4 is 5.73 Å². The number of carbonyl (C=O) groups is 1. The molecule has 0 heterocycles. The monoisotopic (exact) mass is 111 g/mol. The standard InChI is InChI=1S/C6H9NO/c1-2-3-6(4-7)5-8/h2-5H,7H2,1H3/b3-2-,6-4+. The van der Waals surface area contributed by atoms with Crippen LogP contribution in [-0.4, -0.2) is 6.29 Å². The van der Waals surface area contributed by atoms with Crippen LogP contribution >= 0.6 is 0 Å². The molecular formula is C6H9NO. The summed E-state index contributed by atoms with van der Waals surface area (Å²) in [6.07, 6.45) is 5.38. The van der Waals surface area contributed by atoms with E-state index in [1.54, 1.807) is 12.2 Å². The highest BCUT2D eigenvalue weighted by atomic mass is 16.1. The zero-order chi connectivity index (χ0) is 6.41. The lowest BCUT2D eigenvalue weighted by atomic mass is 10.3. The summed E-state index contributed by atoms with van der Waals surface area (Å²) in [6, 6.07) is 0. The Kier molecular flexibility index (Phi) is 3.58. The summed E-state index contributed by atoms with van der Waals surface area (Å²) >= 11 is 0. The molecule has 0 aliphatic rings. The van der Waals surface area contributed by atoms with Crippen LogP contribution in [0.5, 0.6) is 0 Å². The van der Waals surface area contributed by atoms with Gasteiger partial charge in [0, 0.05) is 11.8 Å². The van der Waals surface area contributed by atoms with E-state index < -0.39 is 0 Å². The highest BCUT2D eigenvalue weighted by Crippen LogP contribution is 1.86. The van der Waals surface area contributed by atoms with E-state index in [0.717, 1.165) is 0 Å². The van der Waals surface area contributed by atoms with E-state index in [1.165, 1.54) is 6.20 Å². The molecule has 2 heteroatoms. The van der Waals surface area contributed by atoms with Gasteiger partial charge in [0.2, 0.25) is 0 Å². The second-order valence-electron chi connectivity index (χ2n) is 1.28. The van der Waals surface area contributed by atoms with Crippen LogP contribution in [0, 0.1) is 0 Å². The minimum absolute atomic E-state index is 0.507. The molecule has 2 N–H and O–H groups in total. The number of allylic oxidation sites excluding steroid dienone is 3. The molecule has 0 radical (unpaired) electrons. The lowest BCUT2D eigenvalue weighted by molar-refractivity contribution is -0.104. The quantitative estimate of drug-likeness (QED) is 0.322. The van der Waals surface area contributed by atoms with Crippen molar-refractivity contribution in [2.45, 2.75) is 6.92 Å². The molecule has 0 aromatic carbocycles. The molecular weight excluding hydrogens is 102 g/mol. The Morgan fingerprint density at radius 2 is 2.25 bits per heavy atom. The lowest BCUT2D eigenvalue weighted by Crippen LogP contribution is -1.85. The van der Waals surface area contributed by atoms with Gasteiger partial charge in [0.1, 0.15) is 0 Å². The normalized spacial score (nSPS) is 12.4. The Hall–Kier alpha value is -1.05. The minimum Gasteiger partial charge on any atom is -0.404 e. The molecule has 2 nitrogen and oxygen atoms in total. The first-order valence-corrected chi connectivity index (χ1v) is 2.35. The predicted octanol–water partition coefficient (Wildman–Crippen LogP) is 0.604. The summed E-state index contributed by atoms with van der Waals surface area (Å²) in [4.78, 5) is 9.93. The van der Waals surface area contributed by atoms with Crippen molar-refractivity contribution in [2.24, 2.45) is 5.73 Å². The van der Waals surface area contributed by atoms with Crippen LogP contribution in [0.2, 0.25) is 0 Å². The maximum Gasteiger partial charge on any atom is 0.151 e. The minimum atomic E-state index is 0.507. The number of rotatable bonds is 2. The average molecular weight is 111 g/mol. The van der Waals surface area contributed by atoms with Crippen molar-refractivity contribution in [3.63, 3.8) is 0 Å². The smallest absolute Gasteiger partial charge is 0.151 e. The van der Waals surface area contributed by atoms with Gasteiger partial charge in [0.05, 0.1) is 0 Å². The van der Waals surface area contributed by atoms with E-state index in [1.807, 2.05) is 6.92 Å². The summed E-state index contributed by atoms with van der Waals surface area (Å²) in [6.45, 7) is 1.83. The van der Waals surface area contributed by atoms with Crippen molar-refractivity contribution >= 4 is 6.29 Å². The summed E-state index contributed by atoms with van der Waals surface area (Å²) in [5, 5.41) is 0. The average Bonchev–Trinajstić information content (AvgIpc) is 1.83. The van der Waals surface area contributed by atoms with Gasteiger partial charge < -0.3 is 5.73 Å². The van der Waals surface area contributed by atoms with E-state index in [-0.39, 0.29) is 0 Å². The van der Waals surface area contributed by atoms with Crippen molar-refractivity contribution in [2.75, 3.05) is 0 Å². The molecule has 0 aliphatic heterocycles. The molecule has 0 aliphatic carbocycles. The van der Waals surface area contributed by atoms with Crippen LogP contribution in [-0.2, 0) is 4.79 Å². The van der Waals surface area contributed by atoms with E-state index in [2.05, 4.69) is 0 Å². The lowest BCUT2D eigenvalue weighted by Gasteiger charge is -1.80. The maximum absolute atomic E-state index is 9.93. The van der Waals surface area contributed by atoms with Crippen molar-refractivity contribution in [3.8, 4) is 0 Å². The molecule has 0 spiro atoms. The fraction of sp³-hybridized carbons (Fsp3) is 0.167. The molecule has 44 valence electrons. The summed E-state index contributed by atoms with van der Waals surface area (Å²) < 4.78 is 0. The number of carbonyl (C=O) groups excluding carboxylic acids is 1. The predicted molar refractivity (Wildman–Crippen MR) is 33.1 cm³/mol. The number of hydrogen-bond donors (Lipinski definition) is 1. The molecule has 0 atom stereocenters. The number of aldehydes is 1. The molecule has 0 unspecified atom stereocenters. The third-order valence-corrected chi connectivity index (χ3v) is 0.688. The summed E-state index contributed by atoms with van der Waals surface area (Å²) in [7, 11) is 0. The summed E-state index contributed by atoms with van der Waals surface area (Å²) in [5.74, 6) is 0. The van der Waals surface area contributed by atoms with Crippen LogP contribution in [0.15, 0.2) is 23.9 Å². The molecule has 0 amide bonds. The Morgan fingerprint density at radius 3 is 2.38 bits per heavy atom. The Balaban J connectivity index is 3.91. The maximum atomic E-state index is 9.93. The van der Waals surface area contributed by atoms with Gasteiger partial charge in [0.15, 0.2) is 6.29 Å². The third kappa shape index (κ3) is 2.18. The highest BCUT2D eigenvalue weighted by molar-refractivity contribution is 5.76. The Bertz CT molecular complexity index is 124. The molecule has 0 aromatic heterocycles. The third-order valence-electron chi connectivity index (χ3n) is 0.688. The molecule has 0 rings (SSSR count). The first-order valence-electron chi connectivity index (χ1n) is 2.35. The molecule has 0 aromatic rings. The Morgan fingerprint density at radius 1 is 1.62 bits per heavy atom. The first kappa shape index (κ1) is 6.95. The van der Waals surface area contributed by atoms with Gasteiger partial charge in [-0.15, -0.1) is 0 Å². The molecule has 0 fully saturated rings. The van der Waals surface area contributed by atoms with Crippen LogP contribution in [0.4, 0.5) is 0 Å². The second-order valence-corrected chi connectivity index (χ2v) is 1.28. The fourth-order valence-corrected chi connectivity index (χ4v) is 0.327. The van der Waals surface area contributed by atoms with Gasteiger partial charge in [-0.1, -0.05) is 12.2 Å². The SMILES string of the molecule is C/C=C\C(C=O)=C/N. The topological polar surface area (TPSA) is 43.1 Å². The van der Waals surface area contributed by atoms with Gasteiger partial charge >= 0.3 is 0 Å². The van der Waals surface area contributed by atoms with Crippen molar-refractivity contribution in [1.82, 2.24) is 0 Å². The van der Waals surface area contributed by atoms with Gasteiger partial charge in [0.25, 0.3) is 0 Å². The molecule has 0 bridgehead atoms. The van der Waals surface area contributed by atoms with Gasteiger partial charge in [-0.2, -0.15) is 0 Å². The summed E-state index contributed by atoms with van der Waals surface area (Å²) in [5.41, 5.74) is 5.53. The Labute approximate surface area is 48.7 Å². The van der Waals surface area contributed by atoms with Crippen molar-refractivity contribution in [3.05, 3.63) is 23.9 Å². The second kappa shape index (κ2) is 4.12. The van der Waals surface area contributed by atoms with Crippen molar-refractivity contribution < 1.29 is 4.79 Å². The van der Waals surface area contributed by atoms with Crippen LogP contribution in [0.25, 0.3) is 0 Å². The molecule has 0 saturated heterocycles. The first-order chi connectivity index (χ1) is 3.85. The van der Waals surface area contributed by atoms with Crippen molar-refractivity contribution in [1.29, 1.82) is 0 Å².